The maximum absolute atomic E-state index is 9.67. The molecule has 1 aliphatic carbocycles. The molecule has 178 valence electrons. The second-order valence-electron chi connectivity index (χ2n) is 7.74. The van der Waals surface area contributed by atoms with E-state index in [1.54, 1.807) is 24.8 Å². The van der Waals surface area contributed by atoms with E-state index in [-0.39, 0.29) is 6.10 Å². The molecule has 4 aromatic rings. The van der Waals surface area contributed by atoms with Crippen LogP contribution in [0.5, 0.6) is 5.88 Å². The minimum absolute atomic E-state index is 0.215. The number of alkyl halides is 3. The molecule has 0 saturated heterocycles. The molecule has 0 amide bonds. The Bertz CT molecular complexity index is 1250. The van der Waals surface area contributed by atoms with Crippen LogP contribution in [0.1, 0.15) is 37.9 Å². The predicted octanol–water partition coefficient (Wildman–Crippen LogP) is 6.12. The van der Waals surface area contributed by atoms with Gasteiger partial charge in [-0.1, -0.05) is 18.0 Å². The van der Waals surface area contributed by atoms with Gasteiger partial charge in [-0.15, -0.1) is 0 Å². The van der Waals surface area contributed by atoms with E-state index in [0.29, 0.717) is 22.7 Å². The van der Waals surface area contributed by atoms with Gasteiger partial charge in [0.25, 0.3) is 0 Å². The maximum Gasteiger partial charge on any atom is 0.379 e. The first-order valence-corrected chi connectivity index (χ1v) is 11.2. The maximum atomic E-state index is 9.67. The fourth-order valence-corrected chi connectivity index (χ4v) is 4.29. The Morgan fingerprint density at radius 3 is 2.53 bits per heavy atom. The van der Waals surface area contributed by atoms with E-state index in [0.717, 1.165) is 35.0 Å². The minimum Gasteiger partial charge on any atom is -0.474 e. The third-order valence-electron chi connectivity index (χ3n) is 5.40. The number of aryl methyl sites for hydroxylation is 1. The highest BCUT2D eigenvalue weighted by atomic mass is 35.5. The molecule has 0 atom stereocenters. The van der Waals surface area contributed by atoms with Crippen molar-refractivity contribution in [3.63, 3.8) is 0 Å². The summed E-state index contributed by atoms with van der Waals surface area (Å²) in [5.74, 6) is 1.95. The van der Waals surface area contributed by atoms with E-state index >= 15 is 0 Å². The number of ether oxygens (including phenoxy) is 1. The summed E-state index contributed by atoms with van der Waals surface area (Å²) in [6.07, 6.45) is 14.7. The van der Waals surface area contributed by atoms with Gasteiger partial charge in [-0.2, -0.15) is 18.2 Å². The molecular weight excluding hydrogens is 469 g/mol. The van der Waals surface area contributed by atoms with Crippen LogP contribution in [0.25, 0.3) is 28.0 Å². The number of aromatic nitrogens is 6. The number of nitrogens with zero attached hydrogens (tertiary/aromatic N) is 6. The Morgan fingerprint density at radius 2 is 1.82 bits per heavy atom. The first-order chi connectivity index (χ1) is 16.4. The predicted molar refractivity (Wildman–Crippen MR) is 122 cm³/mol. The largest absolute Gasteiger partial charge is 0.474 e. The lowest BCUT2D eigenvalue weighted by molar-refractivity contribution is 0.00819. The van der Waals surface area contributed by atoms with Crippen LogP contribution < -0.4 is 4.74 Å². The molecule has 0 spiro atoms. The van der Waals surface area contributed by atoms with Gasteiger partial charge in [0.1, 0.15) is 17.1 Å². The average Bonchev–Trinajstić information content (AvgIpc) is 3.21. The van der Waals surface area contributed by atoms with Gasteiger partial charge < -0.3 is 4.74 Å². The Labute approximate surface area is 199 Å². The highest BCUT2D eigenvalue weighted by Crippen LogP contribution is 2.36. The summed E-state index contributed by atoms with van der Waals surface area (Å²) in [6, 6.07) is 3.80. The van der Waals surface area contributed by atoms with E-state index in [1.807, 2.05) is 29.8 Å². The molecular formula is C23H22ClF3N6O. The molecule has 1 saturated carbocycles. The zero-order valence-electron chi connectivity index (χ0n) is 18.3. The monoisotopic (exact) mass is 490 g/mol. The molecule has 1 fully saturated rings. The van der Waals surface area contributed by atoms with Crippen molar-refractivity contribution in [2.75, 3.05) is 0 Å². The lowest BCUT2D eigenvalue weighted by Gasteiger charge is -2.22. The SMILES string of the molecule is Cc1nc(OC2CCCCC2)cc(-c2cn(-c3cnccn3)c3ccnc(Cl)c23)n1.FC(F)F. The van der Waals surface area contributed by atoms with Crippen LogP contribution in [-0.4, -0.2) is 42.3 Å². The highest BCUT2D eigenvalue weighted by Gasteiger charge is 2.20. The normalized spacial score (nSPS) is 14.2. The minimum atomic E-state index is -3.67. The van der Waals surface area contributed by atoms with Crippen LogP contribution >= 0.6 is 11.6 Å². The summed E-state index contributed by atoms with van der Waals surface area (Å²) >= 11 is 6.51. The van der Waals surface area contributed by atoms with Crippen LogP contribution in [0.3, 0.4) is 0 Å². The summed E-state index contributed by atoms with van der Waals surface area (Å²) in [5, 5.41) is 1.22. The van der Waals surface area contributed by atoms with Crippen molar-refractivity contribution < 1.29 is 17.9 Å². The number of fused-ring (bicyclic) bond motifs is 1. The van der Waals surface area contributed by atoms with Crippen LogP contribution in [0, 0.1) is 6.92 Å². The molecule has 0 bridgehead atoms. The zero-order chi connectivity index (χ0) is 24.1. The summed E-state index contributed by atoms with van der Waals surface area (Å²) < 4.78 is 37.2. The smallest absolute Gasteiger partial charge is 0.379 e. The number of rotatable bonds is 4. The van der Waals surface area contributed by atoms with Gasteiger partial charge in [0.15, 0.2) is 5.82 Å². The molecule has 0 aromatic carbocycles. The van der Waals surface area contributed by atoms with Crippen LogP contribution in [-0.2, 0) is 0 Å². The highest BCUT2D eigenvalue weighted by molar-refractivity contribution is 6.35. The molecule has 11 heteroatoms. The van der Waals surface area contributed by atoms with Crippen LogP contribution in [0.15, 0.2) is 43.1 Å². The van der Waals surface area contributed by atoms with Crippen LogP contribution in [0.2, 0.25) is 5.15 Å². The lowest BCUT2D eigenvalue weighted by Crippen LogP contribution is -2.20. The van der Waals surface area contributed by atoms with Crippen molar-refractivity contribution in [2.24, 2.45) is 0 Å². The molecule has 0 aliphatic heterocycles. The first-order valence-electron chi connectivity index (χ1n) is 10.8. The van der Waals surface area contributed by atoms with Crippen molar-refractivity contribution in [2.45, 2.75) is 51.8 Å². The van der Waals surface area contributed by atoms with E-state index in [1.165, 1.54) is 19.3 Å². The number of hydrogen-bond acceptors (Lipinski definition) is 6. The van der Waals surface area contributed by atoms with Crippen molar-refractivity contribution in [1.82, 2.24) is 29.5 Å². The molecule has 5 rings (SSSR count). The van der Waals surface area contributed by atoms with Crippen LogP contribution in [0.4, 0.5) is 13.2 Å². The number of pyridine rings is 1. The van der Waals surface area contributed by atoms with Gasteiger partial charge in [0.05, 0.1) is 17.4 Å². The number of hydrogen-bond donors (Lipinski definition) is 0. The second kappa shape index (κ2) is 10.8. The Morgan fingerprint density at radius 1 is 1.06 bits per heavy atom. The van der Waals surface area contributed by atoms with Gasteiger partial charge in [-0.3, -0.25) is 9.55 Å². The van der Waals surface area contributed by atoms with Gasteiger partial charge >= 0.3 is 6.68 Å². The summed E-state index contributed by atoms with van der Waals surface area (Å²) in [6.45, 7) is -1.79. The standard InChI is InChI=1S/C22H21ClN6O.CHF3/c1-14-27-17(11-20(28-14)30-15-5-3-2-4-6-15)16-13-29(19-12-24-9-10-25-19)18-7-8-26-22(23)21(16)18;2-1(3)4/h7-13,15H,2-6H2,1H3;1H. The number of halogens is 4. The third-order valence-corrected chi connectivity index (χ3v) is 5.68. The molecule has 7 nitrogen and oxygen atoms in total. The Hall–Kier alpha value is -3.27. The van der Waals surface area contributed by atoms with Gasteiger partial charge in [0, 0.05) is 41.8 Å². The van der Waals surface area contributed by atoms with Gasteiger partial charge in [-0.05, 0) is 38.7 Å². The third kappa shape index (κ3) is 5.61. The summed E-state index contributed by atoms with van der Waals surface area (Å²) in [7, 11) is 0. The van der Waals surface area contributed by atoms with Crippen molar-refractivity contribution in [3.8, 4) is 23.0 Å². The topological polar surface area (TPSA) is 78.6 Å². The van der Waals surface area contributed by atoms with Crippen molar-refractivity contribution >= 4 is 22.5 Å². The van der Waals surface area contributed by atoms with E-state index < -0.39 is 6.68 Å². The van der Waals surface area contributed by atoms with Gasteiger partial charge in [0.2, 0.25) is 5.88 Å². The zero-order valence-corrected chi connectivity index (χ0v) is 19.1. The Balaban J connectivity index is 0.000000636. The second-order valence-corrected chi connectivity index (χ2v) is 8.09. The molecule has 0 N–H and O–H groups in total. The Kier molecular flexibility index (Phi) is 7.56. The van der Waals surface area contributed by atoms with E-state index in [2.05, 4.69) is 24.9 Å². The van der Waals surface area contributed by atoms with E-state index in [9.17, 15) is 13.2 Å². The quantitative estimate of drug-likeness (QED) is 0.320. The molecule has 0 unspecified atom stereocenters. The first kappa shape index (κ1) is 23.9. The fraction of sp³-hybridized carbons (Fsp3) is 0.348. The summed E-state index contributed by atoms with van der Waals surface area (Å²) in [4.78, 5) is 22.1. The molecule has 1 aliphatic rings. The fourth-order valence-electron chi connectivity index (χ4n) is 4.03. The van der Waals surface area contributed by atoms with Gasteiger partial charge in [-0.25, -0.2) is 15.0 Å². The molecule has 4 aromatic heterocycles. The van der Waals surface area contributed by atoms with E-state index in [4.69, 9.17) is 16.3 Å². The van der Waals surface area contributed by atoms with Crippen molar-refractivity contribution in [1.29, 1.82) is 0 Å². The molecule has 4 heterocycles. The molecule has 34 heavy (non-hydrogen) atoms. The average molecular weight is 491 g/mol. The van der Waals surface area contributed by atoms with Crippen molar-refractivity contribution in [3.05, 3.63) is 54.1 Å². The lowest BCUT2D eigenvalue weighted by atomic mass is 9.98. The summed E-state index contributed by atoms with van der Waals surface area (Å²) in [5.41, 5.74) is 2.49. The molecule has 0 radical (unpaired) electrons.